The molecule has 0 saturated carbocycles. The Hall–Kier alpha value is -1.15. The predicted molar refractivity (Wildman–Crippen MR) is 63.8 cm³/mol. The quantitative estimate of drug-likeness (QED) is 0.713. The summed E-state index contributed by atoms with van der Waals surface area (Å²) in [6.45, 7) is 6.11. The highest BCUT2D eigenvalue weighted by Gasteiger charge is 2.28. The fourth-order valence-electron chi connectivity index (χ4n) is 2.08. The van der Waals surface area contributed by atoms with E-state index in [1.807, 2.05) is 32.0 Å². The molecule has 1 aromatic rings. The Morgan fingerprint density at radius 1 is 1.25 bits per heavy atom. The SMILES string of the molecule is Cc1ccc(C(=O)C2CCC(C)O2)cc1C. The van der Waals surface area contributed by atoms with Crippen LogP contribution in [-0.4, -0.2) is 18.0 Å². The molecule has 0 aromatic heterocycles. The van der Waals surface area contributed by atoms with Crippen molar-refractivity contribution in [1.82, 2.24) is 0 Å². The van der Waals surface area contributed by atoms with E-state index in [-0.39, 0.29) is 18.0 Å². The Morgan fingerprint density at radius 2 is 2.00 bits per heavy atom. The van der Waals surface area contributed by atoms with Gasteiger partial charge in [0, 0.05) is 5.56 Å². The van der Waals surface area contributed by atoms with Crippen LogP contribution in [0, 0.1) is 13.8 Å². The summed E-state index contributed by atoms with van der Waals surface area (Å²) in [5, 5.41) is 0. The summed E-state index contributed by atoms with van der Waals surface area (Å²) < 4.78 is 5.60. The summed E-state index contributed by atoms with van der Waals surface area (Å²) in [7, 11) is 0. The molecule has 2 rings (SSSR count). The van der Waals surface area contributed by atoms with Gasteiger partial charge in [0.2, 0.25) is 0 Å². The van der Waals surface area contributed by atoms with Crippen molar-refractivity contribution in [2.45, 2.75) is 45.8 Å². The first-order valence-electron chi connectivity index (χ1n) is 5.85. The van der Waals surface area contributed by atoms with Crippen molar-refractivity contribution in [1.29, 1.82) is 0 Å². The molecular weight excluding hydrogens is 200 g/mol. The zero-order chi connectivity index (χ0) is 11.7. The van der Waals surface area contributed by atoms with Gasteiger partial charge in [0.05, 0.1) is 6.10 Å². The van der Waals surface area contributed by atoms with Crippen LogP contribution in [0.5, 0.6) is 0 Å². The second-order valence-corrected chi connectivity index (χ2v) is 4.68. The molecule has 1 heterocycles. The second-order valence-electron chi connectivity index (χ2n) is 4.68. The molecule has 1 aliphatic rings. The average molecular weight is 218 g/mol. The number of Topliss-reactive ketones (excluding diaryl/α,β-unsaturated/α-hetero) is 1. The topological polar surface area (TPSA) is 26.3 Å². The summed E-state index contributed by atoms with van der Waals surface area (Å²) >= 11 is 0. The summed E-state index contributed by atoms with van der Waals surface area (Å²) in [6, 6.07) is 5.86. The summed E-state index contributed by atoms with van der Waals surface area (Å²) in [5.41, 5.74) is 3.16. The molecule has 0 bridgehead atoms. The summed E-state index contributed by atoms with van der Waals surface area (Å²) in [5.74, 6) is 0.132. The van der Waals surface area contributed by atoms with Gasteiger partial charge in [-0.15, -0.1) is 0 Å². The molecule has 16 heavy (non-hydrogen) atoms. The van der Waals surface area contributed by atoms with Crippen molar-refractivity contribution < 1.29 is 9.53 Å². The Labute approximate surface area is 96.6 Å². The van der Waals surface area contributed by atoms with E-state index in [0.29, 0.717) is 0 Å². The Kier molecular flexibility index (Phi) is 3.10. The monoisotopic (exact) mass is 218 g/mol. The number of ether oxygens (including phenoxy) is 1. The van der Waals surface area contributed by atoms with E-state index in [2.05, 4.69) is 6.92 Å². The third kappa shape index (κ3) is 2.17. The lowest BCUT2D eigenvalue weighted by Crippen LogP contribution is -2.20. The number of carbonyl (C=O) groups excluding carboxylic acids is 1. The molecule has 0 aliphatic carbocycles. The molecular formula is C14H18O2. The molecule has 2 heteroatoms. The summed E-state index contributed by atoms with van der Waals surface area (Å²) in [4.78, 5) is 12.1. The average Bonchev–Trinajstić information content (AvgIpc) is 2.68. The Balaban J connectivity index is 2.18. The lowest BCUT2D eigenvalue weighted by atomic mass is 10.00. The normalized spacial score (nSPS) is 24.7. The van der Waals surface area contributed by atoms with Crippen molar-refractivity contribution in [2.24, 2.45) is 0 Å². The predicted octanol–water partition coefficient (Wildman–Crippen LogP) is 3.05. The van der Waals surface area contributed by atoms with Crippen molar-refractivity contribution in [3.63, 3.8) is 0 Å². The zero-order valence-corrected chi connectivity index (χ0v) is 10.1. The smallest absolute Gasteiger partial charge is 0.191 e. The van der Waals surface area contributed by atoms with Crippen molar-refractivity contribution >= 4 is 5.78 Å². The lowest BCUT2D eigenvalue weighted by Gasteiger charge is -2.11. The Morgan fingerprint density at radius 3 is 2.56 bits per heavy atom. The molecule has 2 unspecified atom stereocenters. The van der Waals surface area contributed by atoms with Gasteiger partial charge in [0.25, 0.3) is 0 Å². The third-order valence-electron chi connectivity index (χ3n) is 3.32. The fraction of sp³-hybridized carbons (Fsp3) is 0.500. The van der Waals surface area contributed by atoms with E-state index in [4.69, 9.17) is 4.74 Å². The zero-order valence-electron chi connectivity index (χ0n) is 10.1. The highest BCUT2D eigenvalue weighted by molar-refractivity contribution is 5.99. The first-order chi connectivity index (χ1) is 7.58. The van der Waals surface area contributed by atoms with Crippen LogP contribution in [0.2, 0.25) is 0 Å². The van der Waals surface area contributed by atoms with Gasteiger partial charge in [0.1, 0.15) is 6.10 Å². The van der Waals surface area contributed by atoms with E-state index in [9.17, 15) is 4.79 Å². The highest BCUT2D eigenvalue weighted by atomic mass is 16.5. The summed E-state index contributed by atoms with van der Waals surface area (Å²) in [6.07, 6.45) is 1.84. The number of rotatable bonds is 2. The molecule has 0 radical (unpaired) electrons. The maximum atomic E-state index is 12.1. The first-order valence-corrected chi connectivity index (χ1v) is 5.85. The third-order valence-corrected chi connectivity index (χ3v) is 3.32. The largest absolute Gasteiger partial charge is 0.367 e. The molecule has 0 amide bonds. The van der Waals surface area contributed by atoms with Crippen LogP contribution in [0.15, 0.2) is 18.2 Å². The van der Waals surface area contributed by atoms with Gasteiger partial charge in [-0.05, 0) is 50.8 Å². The van der Waals surface area contributed by atoms with E-state index < -0.39 is 0 Å². The Bertz CT molecular complexity index is 409. The van der Waals surface area contributed by atoms with Gasteiger partial charge in [-0.25, -0.2) is 0 Å². The molecule has 86 valence electrons. The highest BCUT2D eigenvalue weighted by Crippen LogP contribution is 2.23. The van der Waals surface area contributed by atoms with E-state index in [1.54, 1.807) is 0 Å². The molecule has 0 N–H and O–H groups in total. The van der Waals surface area contributed by atoms with Crippen LogP contribution >= 0.6 is 0 Å². The van der Waals surface area contributed by atoms with E-state index in [1.165, 1.54) is 5.56 Å². The molecule has 0 spiro atoms. The van der Waals surface area contributed by atoms with Gasteiger partial charge in [-0.3, -0.25) is 4.79 Å². The standard InChI is InChI=1S/C14H18O2/c1-9-4-6-12(8-10(9)2)14(15)13-7-5-11(3)16-13/h4,6,8,11,13H,5,7H2,1-3H3. The maximum Gasteiger partial charge on any atom is 0.191 e. The number of aryl methyl sites for hydroxylation is 2. The molecule has 1 fully saturated rings. The van der Waals surface area contributed by atoms with Crippen LogP contribution in [0.25, 0.3) is 0 Å². The van der Waals surface area contributed by atoms with Gasteiger partial charge in [0.15, 0.2) is 5.78 Å². The number of ketones is 1. The van der Waals surface area contributed by atoms with Crippen LogP contribution in [0.3, 0.4) is 0 Å². The molecule has 2 nitrogen and oxygen atoms in total. The van der Waals surface area contributed by atoms with Crippen LogP contribution in [0.4, 0.5) is 0 Å². The number of benzene rings is 1. The van der Waals surface area contributed by atoms with Crippen molar-refractivity contribution in [3.8, 4) is 0 Å². The van der Waals surface area contributed by atoms with Crippen LogP contribution in [0.1, 0.15) is 41.3 Å². The number of carbonyl (C=O) groups is 1. The van der Waals surface area contributed by atoms with Crippen molar-refractivity contribution in [3.05, 3.63) is 34.9 Å². The van der Waals surface area contributed by atoms with Crippen LogP contribution < -0.4 is 0 Å². The van der Waals surface area contributed by atoms with Gasteiger partial charge >= 0.3 is 0 Å². The minimum Gasteiger partial charge on any atom is -0.367 e. The lowest BCUT2D eigenvalue weighted by molar-refractivity contribution is 0.0433. The van der Waals surface area contributed by atoms with Gasteiger partial charge < -0.3 is 4.74 Å². The maximum absolute atomic E-state index is 12.1. The van der Waals surface area contributed by atoms with E-state index >= 15 is 0 Å². The first kappa shape index (κ1) is 11.3. The van der Waals surface area contributed by atoms with E-state index in [0.717, 1.165) is 24.0 Å². The van der Waals surface area contributed by atoms with Crippen LogP contribution in [-0.2, 0) is 4.74 Å². The number of hydrogen-bond acceptors (Lipinski definition) is 2. The molecule has 1 aromatic carbocycles. The minimum absolute atomic E-state index is 0.132. The molecule has 2 atom stereocenters. The molecule has 1 aliphatic heterocycles. The fourth-order valence-corrected chi connectivity index (χ4v) is 2.08. The van der Waals surface area contributed by atoms with Gasteiger partial charge in [-0.2, -0.15) is 0 Å². The van der Waals surface area contributed by atoms with Crippen molar-refractivity contribution in [2.75, 3.05) is 0 Å². The van der Waals surface area contributed by atoms with Gasteiger partial charge in [-0.1, -0.05) is 12.1 Å². The number of hydrogen-bond donors (Lipinski definition) is 0. The molecule has 1 saturated heterocycles. The second kappa shape index (κ2) is 4.38. The minimum atomic E-state index is -0.225.